The summed E-state index contributed by atoms with van der Waals surface area (Å²) in [6.07, 6.45) is -0.997. The molecule has 0 spiro atoms. The van der Waals surface area contributed by atoms with Crippen molar-refractivity contribution < 1.29 is 14.7 Å². The Kier molecular flexibility index (Phi) is 4.16. The number of hydrogen-bond donors (Lipinski definition) is 3. The average Bonchev–Trinajstić information content (AvgIpc) is 2.28. The molecule has 5 heteroatoms. The van der Waals surface area contributed by atoms with Crippen molar-refractivity contribution in [1.29, 1.82) is 0 Å². The van der Waals surface area contributed by atoms with E-state index in [0.717, 1.165) is 0 Å². The predicted octanol–water partition coefficient (Wildman–Crippen LogP) is -0.349. The van der Waals surface area contributed by atoms with Gasteiger partial charge in [-0.2, -0.15) is 0 Å². The van der Waals surface area contributed by atoms with Gasteiger partial charge in [0.1, 0.15) is 6.04 Å². The van der Waals surface area contributed by atoms with Crippen LogP contribution in [0.15, 0.2) is 30.3 Å². The van der Waals surface area contributed by atoms with Gasteiger partial charge in [0.05, 0.1) is 6.10 Å². The molecule has 0 radical (unpaired) electrons. The van der Waals surface area contributed by atoms with Crippen LogP contribution in [0.25, 0.3) is 0 Å². The first-order valence-corrected chi connectivity index (χ1v) is 4.86. The normalized spacial score (nSPS) is 13.9. The van der Waals surface area contributed by atoms with Crippen molar-refractivity contribution in [3.63, 3.8) is 0 Å². The van der Waals surface area contributed by atoms with Crippen LogP contribution in [0.1, 0.15) is 17.3 Å². The van der Waals surface area contributed by atoms with Gasteiger partial charge in [-0.1, -0.05) is 18.2 Å². The lowest BCUT2D eigenvalue weighted by Gasteiger charge is -2.13. The number of rotatable bonds is 3. The van der Waals surface area contributed by atoms with E-state index in [4.69, 9.17) is 10.8 Å². The molecule has 4 N–H and O–H groups in total. The van der Waals surface area contributed by atoms with Gasteiger partial charge in [-0.3, -0.25) is 14.9 Å². The number of imide groups is 1. The molecule has 0 saturated heterocycles. The van der Waals surface area contributed by atoms with Gasteiger partial charge < -0.3 is 10.8 Å². The Balaban J connectivity index is 2.62. The van der Waals surface area contributed by atoms with Gasteiger partial charge >= 0.3 is 0 Å². The van der Waals surface area contributed by atoms with Crippen LogP contribution in [0.3, 0.4) is 0 Å². The zero-order valence-corrected chi connectivity index (χ0v) is 8.88. The molecule has 1 rings (SSSR count). The van der Waals surface area contributed by atoms with Crippen molar-refractivity contribution in [2.75, 3.05) is 0 Å². The first kappa shape index (κ1) is 12.4. The lowest BCUT2D eigenvalue weighted by atomic mass is 10.1. The third-order valence-electron chi connectivity index (χ3n) is 2.10. The van der Waals surface area contributed by atoms with Crippen molar-refractivity contribution in [2.45, 2.75) is 19.1 Å². The quantitative estimate of drug-likeness (QED) is 0.651. The van der Waals surface area contributed by atoms with Crippen molar-refractivity contribution in [2.24, 2.45) is 5.73 Å². The summed E-state index contributed by atoms with van der Waals surface area (Å²) in [5.41, 5.74) is 5.74. The van der Waals surface area contributed by atoms with E-state index < -0.39 is 24.0 Å². The van der Waals surface area contributed by atoms with Crippen LogP contribution < -0.4 is 11.1 Å². The first-order chi connectivity index (χ1) is 7.52. The molecule has 2 atom stereocenters. The second kappa shape index (κ2) is 5.39. The van der Waals surface area contributed by atoms with E-state index in [0.29, 0.717) is 5.56 Å². The number of carbonyl (C=O) groups is 2. The summed E-state index contributed by atoms with van der Waals surface area (Å²) in [7, 11) is 0. The van der Waals surface area contributed by atoms with Crippen LogP contribution in [-0.2, 0) is 4.79 Å². The van der Waals surface area contributed by atoms with Gasteiger partial charge in [-0.05, 0) is 19.1 Å². The molecule has 0 aromatic heterocycles. The lowest BCUT2D eigenvalue weighted by Crippen LogP contribution is -2.48. The topological polar surface area (TPSA) is 92.4 Å². The Morgan fingerprint density at radius 3 is 2.38 bits per heavy atom. The summed E-state index contributed by atoms with van der Waals surface area (Å²) in [4.78, 5) is 22.9. The Hall–Kier alpha value is -1.72. The Bertz CT molecular complexity index is 376. The highest BCUT2D eigenvalue weighted by molar-refractivity contribution is 6.06. The minimum Gasteiger partial charge on any atom is -0.391 e. The van der Waals surface area contributed by atoms with E-state index in [-0.39, 0.29) is 0 Å². The fraction of sp³-hybridized carbons (Fsp3) is 0.273. The van der Waals surface area contributed by atoms with Gasteiger partial charge in [0.2, 0.25) is 5.91 Å². The fourth-order valence-electron chi connectivity index (χ4n) is 1.08. The monoisotopic (exact) mass is 222 g/mol. The number of amides is 2. The van der Waals surface area contributed by atoms with E-state index in [1.54, 1.807) is 30.3 Å². The molecule has 1 aromatic carbocycles. The highest BCUT2D eigenvalue weighted by Crippen LogP contribution is 1.98. The molecule has 86 valence electrons. The van der Waals surface area contributed by atoms with Crippen LogP contribution in [0.2, 0.25) is 0 Å². The number of aliphatic hydroxyl groups excluding tert-OH is 1. The summed E-state index contributed by atoms with van der Waals surface area (Å²) < 4.78 is 0. The average molecular weight is 222 g/mol. The zero-order valence-electron chi connectivity index (χ0n) is 8.88. The second-order valence-corrected chi connectivity index (χ2v) is 3.45. The predicted molar refractivity (Wildman–Crippen MR) is 58.6 cm³/mol. The smallest absolute Gasteiger partial charge is 0.257 e. The molecule has 5 nitrogen and oxygen atoms in total. The van der Waals surface area contributed by atoms with E-state index in [9.17, 15) is 9.59 Å². The molecule has 0 heterocycles. The van der Waals surface area contributed by atoms with Crippen LogP contribution in [0, 0.1) is 0 Å². The maximum atomic E-state index is 11.5. The van der Waals surface area contributed by atoms with E-state index >= 15 is 0 Å². The Morgan fingerprint density at radius 1 is 1.31 bits per heavy atom. The third kappa shape index (κ3) is 3.15. The Labute approximate surface area is 93.3 Å². The van der Waals surface area contributed by atoms with Crippen LogP contribution in [0.5, 0.6) is 0 Å². The van der Waals surface area contributed by atoms with Gasteiger partial charge in [0.15, 0.2) is 0 Å². The fourth-order valence-corrected chi connectivity index (χ4v) is 1.08. The number of carbonyl (C=O) groups excluding carboxylic acids is 2. The summed E-state index contributed by atoms with van der Waals surface area (Å²) >= 11 is 0. The SMILES string of the molecule is CC(O)C(N)C(=O)NC(=O)c1ccccc1. The van der Waals surface area contributed by atoms with Crippen molar-refractivity contribution in [1.82, 2.24) is 5.32 Å². The summed E-state index contributed by atoms with van der Waals surface area (Å²) in [6.45, 7) is 1.39. The molecular formula is C11H14N2O3. The summed E-state index contributed by atoms with van der Waals surface area (Å²) in [5.74, 6) is -1.22. The molecule has 16 heavy (non-hydrogen) atoms. The molecule has 0 fully saturated rings. The van der Waals surface area contributed by atoms with Crippen LogP contribution in [0.4, 0.5) is 0 Å². The lowest BCUT2D eigenvalue weighted by molar-refractivity contribution is -0.123. The van der Waals surface area contributed by atoms with Crippen LogP contribution in [-0.4, -0.2) is 29.1 Å². The van der Waals surface area contributed by atoms with Gasteiger partial charge in [-0.15, -0.1) is 0 Å². The standard InChI is InChI=1S/C11H14N2O3/c1-7(14)9(12)11(16)13-10(15)8-5-3-2-4-6-8/h2-7,9,14H,12H2,1H3,(H,13,15,16). The number of nitrogens with two attached hydrogens (primary N) is 1. The van der Waals surface area contributed by atoms with Crippen LogP contribution >= 0.6 is 0 Å². The van der Waals surface area contributed by atoms with Gasteiger partial charge in [-0.25, -0.2) is 0 Å². The van der Waals surface area contributed by atoms with Crippen molar-refractivity contribution in [3.8, 4) is 0 Å². The Morgan fingerprint density at radius 2 is 1.88 bits per heavy atom. The van der Waals surface area contributed by atoms with E-state index in [2.05, 4.69) is 5.32 Å². The molecule has 2 unspecified atom stereocenters. The molecule has 0 aliphatic carbocycles. The number of benzene rings is 1. The van der Waals surface area contributed by atoms with Crippen molar-refractivity contribution in [3.05, 3.63) is 35.9 Å². The first-order valence-electron chi connectivity index (χ1n) is 4.86. The summed E-state index contributed by atoms with van der Waals surface area (Å²) in [5, 5.41) is 11.2. The highest BCUT2D eigenvalue weighted by Gasteiger charge is 2.20. The van der Waals surface area contributed by atoms with Crippen molar-refractivity contribution >= 4 is 11.8 Å². The maximum Gasteiger partial charge on any atom is 0.257 e. The third-order valence-corrected chi connectivity index (χ3v) is 2.10. The molecule has 0 saturated carbocycles. The minimum atomic E-state index is -1.10. The molecule has 2 amide bonds. The van der Waals surface area contributed by atoms with Gasteiger partial charge in [0, 0.05) is 5.56 Å². The number of aliphatic hydroxyl groups is 1. The molecule has 0 aliphatic heterocycles. The molecular weight excluding hydrogens is 208 g/mol. The zero-order chi connectivity index (χ0) is 12.1. The molecule has 0 aliphatic rings. The molecule has 0 bridgehead atoms. The summed E-state index contributed by atoms with van der Waals surface area (Å²) in [6, 6.07) is 7.20. The minimum absolute atomic E-state index is 0.369. The number of nitrogens with one attached hydrogen (secondary N) is 1. The number of hydrogen-bond acceptors (Lipinski definition) is 4. The second-order valence-electron chi connectivity index (χ2n) is 3.45. The van der Waals surface area contributed by atoms with E-state index in [1.165, 1.54) is 6.92 Å². The van der Waals surface area contributed by atoms with E-state index in [1.807, 2.05) is 0 Å². The highest BCUT2D eigenvalue weighted by atomic mass is 16.3. The largest absolute Gasteiger partial charge is 0.391 e. The molecule has 1 aromatic rings. The van der Waals surface area contributed by atoms with Gasteiger partial charge in [0.25, 0.3) is 5.91 Å². The maximum absolute atomic E-state index is 11.5.